The molecule has 1 aliphatic heterocycles. The Morgan fingerprint density at radius 1 is 1.42 bits per heavy atom. The first kappa shape index (κ1) is 12.9. The minimum absolute atomic E-state index is 0.729. The van der Waals surface area contributed by atoms with Gasteiger partial charge in [0.25, 0.3) is 0 Å². The number of halogens is 1. The van der Waals surface area contributed by atoms with Crippen LogP contribution in [0, 0.1) is 5.92 Å². The van der Waals surface area contributed by atoms with E-state index in [0.717, 1.165) is 28.5 Å². The van der Waals surface area contributed by atoms with E-state index in [4.69, 9.17) is 0 Å². The lowest BCUT2D eigenvalue weighted by Gasteiger charge is -2.29. The van der Waals surface area contributed by atoms with Crippen molar-refractivity contribution in [3.63, 3.8) is 0 Å². The largest absolute Gasteiger partial charge is 0.367 e. The van der Waals surface area contributed by atoms with Crippen LogP contribution in [0.1, 0.15) is 12.8 Å². The van der Waals surface area contributed by atoms with Crippen LogP contribution in [0.3, 0.4) is 0 Å². The summed E-state index contributed by atoms with van der Waals surface area (Å²) in [6.45, 7) is 3.36. The smallest absolute Gasteiger partial charge is 0.180 e. The van der Waals surface area contributed by atoms with Crippen LogP contribution in [-0.4, -0.2) is 46.0 Å². The Morgan fingerprint density at radius 3 is 3.00 bits per heavy atom. The van der Waals surface area contributed by atoms with Crippen molar-refractivity contribution in [2.24, 2.45) is 5.92 Å². The van der Waals surface area contributed by atoms with Gasteiger partial charge < -0.3 is 14.6 Å². The lowest BCUT2D eigenvalue weighted by atomic mass is 9.97. The minimum atomic E-state index is 0.729. The number of rotatable bonds is 3. The zero-order valence-electron chi connectivity index (χ0n) is 11.0. The van der Waals surface area contributed by atoms with E-state index in [1.807, 2.05) is 16.8 Å². The van der Waals surface area contributed by atoms with Crippen LogP contribution >= 0.6 is 15.9 Å². The van der Waals surface area contributed by atoms with Crippen molar-refractivity contribution in [1.82, 2.24) is 19.3 Å². The summed E-state index contributed by atoms with van der Waals surface area (Å²) in [6.07, 6.45) is 8.15. The van der Waals surface area contributed by atoms with Gasteiger partial charge in [-0.3, -0.25) is 0 Å². The summed E-state index contributed by atoms with van der Waals surface area (Å²) in [5, 5.41) is 3.46. The van der Waals surface area contributed by atoms with Gasteiger partial charge in [0, 0.05) is 25.1 Å². The van der Waals surface area contributed by atoms with Crippen LogP contribution in [0.15, 0.2) is 23.2 Å². The Bertz CT molecular complexity index is 559. The van der Waals surface area contributed by atoms with Crippen LogP contribution in [0.5, 0.6) is 0 Å². The van der Waals surface area contributed by atoms with Gasteiger partial charge in [0.2, 0.25) is 0 Å². The number of hydrogen-bond donors (Lipinski definition) is 1. The maximum Gasteiger partial charge on any atom is 0.180 e. The molecule has 0 aliphatic carbocycles. The van der Waals surface area contributed by atoms with Crippen LogP contribution in [0.25, 0.3) is 5.65 Å². The molecule has 0 aromatic carbocycles. The molecule has 2 aromatic heterocycles. The van der Waals surface area contributed by atoms with E-state index in [0.29, 0.717) is 0 Å². The number of nitrogens with one attached hydrogen (secondary N) is 1. The van der Waals surface area contributed by atoms with E-state index in [2.05, 4.69) is 43.2 Å². The highest BCUT2D eigenvalue weighted by Gasteiger charge is 2.17. The number of imidazole rings is 1. The molecule has 1 saturated heterocycles. The van der Waals surface area contributed by atoms with E-state index < -0.39 is 0 Å². The summed E-state index contributed by atoms with van der Waals surface area (Å²) >= 11 is 3.44. The number of fused-ring (bicyclic) bond motifs is 1. The van der Waals surface area contributed by atoms with Crippen molar-refractivity contribution in [1.29, 1.82) is 0 Å². The average molecular weight is 324 g/mol. The number of anilines is 1. The lowest BCUT2D eigenvalue weighted by Crippen LogP contribution is -2.33. The molecular weight excluding hydrogens is 306 g/mol. The second kappa shape index (κ2) is 5.46. The molecule has 5 nitrogen and oxygen atoms in total. The monoisotopic (exact) mass is 323 g/mol. The van der Waals surface area contributed by atoms with Gasteiger partial charge in [0.1, 0.15) is 4.60 Å². The standard InChI is InChI=1S/C13H18BrN5/c1-18-5-2-10(3-6-18)8-16-12-13-15-4-7-19(13)9-11(14)17-12/h4,7,9-10H,2-3,5-6,8H2,1H3,(H,16,17). The molecule has 0 amide bonds. The predicted octanol–water partition coefficient (Wildman–Crippen LogP) is 2.25. The number of likely N-dealkylation sites (tertiary alicyclic amines) is 1. The molecule has 1 fully saturated rings. The maximum absolute atomic E-state index is 4.48. The van der Waals surface area contributed by atoms with Crippen molar-refractivity contribution in [2.45, 2.75) is 12.8 Å². The van der Waals surface area contributed by atoms with Crippen molar-refractivity contribution >= 4 is 27.4 Å². The van der Waals surface area contributed by atoms with Crippen molar-refractivity contribution in [3.8, 4) is 0 Å². The molecule has 3 rings (SSSR count). The Kier molecular flexibility index (Phi) is 3.70. The fourth-order valence-corrected chi connectivity index (χ4v) is 2.92. The molecule has 0 atom stereocenters. The molecule has 6 heteroatoms. The SMILES string of the molecule is CN1CCC(CNc2nc(Br)cn3ccnc23)CC1. The zero-order valence-corrected chi connectivity index (χ0v) is 12.6. The van der Waals surface area contributed by atoms with E-state index in [9.17, 15) is 0 Å². The second-order valence-corrected chi connectivity index (χ2v) is 6.01. The molecule has 0 saturated carbocycles. The van der Waals surface area contributed by atoms with Crippen LogP contribution in [-0.2, 0) is 0 Å². The first-order chi connectivity index (χ1) is 9.22. The molecule has 0 unspecified atom stereocenters. The highest BCUT2D eigenvalue weighted by atomic mass is 79.9. The average Bonchev–Trinajstić information content (AvgIpc) is 2.85. The molecule has 0 radical (unpaired) electrons. The van der Waals surface area contributed by atoms with Crippen LogP contribution in [0.2, 0.25) is 0 Å². The molecule has 19 heavy (non-hydrogen) atoms. The Hall–Kier alpha value is -1.14. The fraction of sp³-hybridized carbons (Fsp3) is 0.538. The molecular formula is C13H18BrN5. The van der Waals surface area contributed by atoms with E-state index in [-0.39, 0.29) is 0 Å². The van der Waals surface area contributed by atoms with Crippen molar-refractivity contribution in [3.05, 3.63) is 23.2 Å². The number of piperidine rings is 1. The predicted molar refractivity (Wildman–Crippen MR) is 79.4 cm³/mol. The number of nitrogens with zero attached hydrogens (tertiary/aromatic N) is 4. The highest BCUT2D eigenvalue weighted by molar-refractivity contribution is 9.10. The molecule has 102 valence electrons. The van der Waals surface area contributed by atoms with E-state index >= 15 is 0 Å². The normalized spacial score (nSPS) is 18.0. The van der Waals surface area contributed by atoms with E-state index in [1.165, 1.54) is 25.9 Å². The molecule has 2 aromatic rings. The number of hydrogen-bond acceptors (Lipinski definition) is 4. The summed E-state index contributed by atoms with van der Waals surface area (Å²) in [4.78, 5) is 11.2. The zero-order chi connectivity index (χ0) is 13.2. The topological polar surface area (TPSA) is 45.5 Å². The van der Waals surface area contributed by atoms with Gasteiger partial charge in [-0.05, 0) is 54.8 Å². The summed E-state index contributed by atoms with van der Waals surface area (Å²) in [6, 6.07) is 0. The quantitative estimate of drug-likeness (QED) is 0.941. The summed E-state index contributed by atoms with van der Waals surface area (Å²) in [7, 11) is 2.19. The third kappa shape index (κ3) is 2.90. The molecule has 0 spiro atoms. The van der Waals surface area contributed by atoms with Crippen LogP contribution < -0.4 is 5.32 Å². The van der Waals surface area contributed by atoms with Crippen LogP contribution in [0.4, 0.5) is 5.82 Å². The highest BCUT2D eigenvalue weighted by Crippen LogP contribution is 2.20. The van der Waals surface area contributed by atoms with Crippen molar-refractivity contribution in [2.75, 3.05) is 32.0 Å². The van der Waals surface area contributed by atoms with Gasteiger partial charge in [-0.1, -0.05) is 0 Å². The van der Waals surface area contributed by atoms with Gasteiger partial charge in [-0.2, -0.15) is 0 Å². The molecule has 0 bridgehead atoms. The van der Waals surface area contributed by atoms with Crippen molar-refractivity contribution < 1.29 is 0 Å². The Morgan fingerprint density at radius 2 is 2.21 bits per heavy atom. The van der Waals surface area contributed by atoms with Gasteiger partial charge in [0.15, 0.2) is 11.5 Å². The first-order valence-electron chi connectivity index (χ1n) is 6.64. The summed E-state index contributed by atoms with van der Waals surface area (Å²) in [5.41, 5.74) is 0.885. The fourth-order valence-electron chi connectivity index (χ4n) is 2.53. The maximum atomic E-state index is 4.48. The molecule has 1 N–H and O–H groups in total. The Balaban J connectivity index is 1.69. The first-order valence-corrected chi connectivity index (χ1v) is 7.43. The summed E-state index contributed by atoms with van der Waals surface area (Å²) in [5.74, 6) is 1.59. The number of aromatic nitrogens is 3. The Labute approximate surface area is 121 Å². The molecule has 1 aliphatic rings. The third-order valence-electron chi connectivity index (χ3n) is 3.74. The van der Waals surface area contributed by atoms with Gasteiger partial charge in [0.05, 0.1) is 0 Å². The lowest BCUT2D eigenvalue weighted by molar-refractivity contribution is 0.226. The second-order valence-electron chi connectivity index (χ2n) is 5.20. The summed E-state index contributed by atoms with van der Waals surface area (Å²) < 4.78 is 2.80. The van der Waals surface area contributed by atoms with E-state index in [1.54, 1.807) is 6.20 Å². The third-order valence-corrected chi connectivity index (χ3v) is 4.12. The van der Waals surface area contributed by atoms with Gasteiger partial charge in [-0.25, -0.2) is 9.97 Å². The molecule has 3 heterocycles. The minimum Gasteiger partial charge on any atom is -0.367 e. The van der Waals surface area contributed by atoms with Gasteiger partial charge >= 0.3 is 0 Å². The van der Waals surface area contributed by atoms with Gasteiger partial charge in [-0.15, -0.1) is 0 Å².